The van der Waals surface area contributed by atoms with Gasteiger partial charge < -0.3 is 4.90 Å². The molecule has 3 aromatic rings. The predicted molar refractivity (Wildman–Crippen MR) is 109 cm³/mol. The van der Waals surface area contributed by atoms with Gasteiger partial charge in [-0.1, -0.05) is 36.9 Å². The van der Waals surface area contributed by atoms with Gasteiger partial charge in [0.2, 0.25) is 11.1 Å². The van der Waals surface area contributed by atoms with Crippen LogP contribution in [0.15, 0.2) is 58.6 Å². The fraction of sp³-hybridized carbons (Fsp3) is 0.263. The number of nitrogens with zero attached hydrogens (tertiary/aromatic N) is 5. The Kier molecular flexibility index (Phi) is 5.63. The first kappa shape index (κ1) is 18.9. The molecule has 6 nitrogen and oxygen atoms in total. The number of anilines is 1. The number of para-hydroxylation sites is 1. The molecule has 1 aromatic heterocycles. The first-order valence-corrected chi connectivity index (χ1v) is 10.7. The first-order valence-electron chi connectivity index (χ1n) is 8.85. The maximum atomic E-state index is 13.5. The Hall–Kier alpha value is -2.39. The molecule has 0 saturated carbocycles. The minimum Gasteiger partial charge on any atom is -0.311 e. The van der Waals surface area contributed by atoms with Crippen LogP contribution in [-0.4, -0.2) is 43.7 Å². The summed E-state index contributed by atoms with van der Waals surface area (Å²) in [5.74, 6) is -0.169. The summed E-state index contributed by atoms with van der Waals surface area (Å²) in [6, 6.07) is 14.0. The molecule has 4 rings (SSSR count). The number of rotatable bonds is 4. The molecule has 0 spiro atoms. The average molecular weight is 416 g/mol. The van der Waals surface area contributed by atoms with E-state index in [4.69, 9.17) is 0 Å². The lowest BCUT2D eigenvalue weighted by atomic mass is 10.2. The van der Waals surface area contributed by atoms with Gasteiger partial charge in [-0.25, -0.2) is 4.39 Å². The van der Waals surface area contributed by atoms with E-state index in [1.54, 1.807) is 23.9 Å². The normalized spacial score (nSPS) is 16.5. The van der Waals surface area contributed by atoms with E-state index < -0.39 is 0 Å². The number of hydrogen-bond acceptors (Lipinski definition) is 6. The molecular formula is C19H18FN5OS2. The number of carbonyl (C=O) groups excluding carboxylic acids is 1. The van der Waals surface area contributed by atoms with Crippen LogP contribution < -0.4 is 4.90 Å². The average Bonchev–Trinajstić information content (AvgIpc) is 3.09. The van der Waals surface area contributed by atoms with Crippen LogP contribution in [0.3, 0.4) is 0 Å². The molecule has 144 valence electrons. The highest BCUT2D eigenvalue weighted by Crippen LogP contribution is 2.37. The Balaban J connectivity index is 1.51. The van der Waals surface area contributed by atoms with Crippen LogP contribution in [0.25, 0.3) is 5.69 Å². The quantitative estimate of drug-likeness (QED) is 0.604. The summed E-state index contributed by atoms with van der Waals surface area (Å²) in [4.78, 5) is 15.9. The zero-order chi connectivity index (χ0) is 19.5. The van der Waals surface area contributed by atoms with E-state index in [-0.39, 0.29) is 17.5 Å². The second-order valence-electron chi connectivity index (χ2n) is 6.37. The van der Waals surface area contributed by atoms with Crippen LogP contribution in [0, 0.1) is 5.82 Å². The number of amides is 1. The zero-order valence-electron chi connectivity index (χ0n) is 15.2. The molecule has 0 fully saturated rings. The van der Waals surface area contributed by atoms with Crippen molar-refractivity contribution in [2.45, 2.75) is 28.6 Å². The van der Waals surface area contributed by atoms with Crippen molar-refractivity contribution < 1.29 is 9.18 Å². The van der Waals surface area contributed by atoms with E-state index in [1.165, 1.54) is 28.6 Å². The van der Waals surface area contributed by atoms with E-state index >= 15 is 0 Å². The molecule has 0 radical (unpaired) electrons. The largest absolute Gasteiger partial charge is 0.311 e. The number of tetrazole rings is 1. The second-order valence-corrected chi connectivity index (χ2v) is 8.79. The Labute approximate surface area is 170 Å². The highest BCUT2D eigenvalue weighted by Gasteiger charge is 2.24. The summed E-state index contributed by atoms with van der Waals surface area (Å²) in [5.41, 5.74) is 1.47. The van der Waals surface area contributed by atoms with Crippen LogP contribution in [0.1, 0.15) is 13.3 Å². The van der Waals surface area contributed by atoms with Gasteiger partial charge in [0.1, 0.15) is 5.82 Å². The maximum Gasteiger partial charge on any atom is 0.237 e. The monoisotopic (exact) mass is 415 g/mol. The SMILES string of the molecule is C[C@@H]1CCN(C(=O)CSc2nnnn2-c2cccc(F)c2)c2ccccc2S1. The van der Waals surface area contributed by atoms with Gasteiger partial charge in [0.25, 0.3) is 0 Å². The molecule has 2 heterocycles. The smallest absolute Gasteiger partial charge is 0.237 e. The number of aromatic nitrogens is 4. The van der Waals surface area contributed by atoms with E-state index in [1.807, 2.05) is 23.1 Å². The van der Waals surface area contributed by atoms with Crippen LogP contribution in [0.4, 0.5) is 10.1 Å². The topological polar surface area (TPSA) is 63.9 Å². The summed E-state index contributed by atoms with van der Waals surface area (Å²) in [7, 11) is 0. The van der Waals surface area contributed by atoms with Gasteiger partial charge in [-0.05, 0) is 47.2 Å². The number of fused-ring (bicyclic) bond motifs is 1. The van der Waals surface area contributed by atoms with Crippen LogP contribution in [0.5, 0.6) is 0 Å². The molecule has 0 saturated heterocycles. The van der Waals surface area contributed by atoms with Gasteiger partial charge in [-0.2, -0.15) is 4.68 Å². The predicted octanol–water partition coefficient (Wildman–Crippen LogP) is 3.81. The number of hydrogen-bond donors (Lipinski definition) is 0. The lowest BCUT2D eigenvalue weighted by Gasteiger charge is -2.22. The first-order chi connectivity index (χ1) is 13.6. The third-order valence-electron chi connectivity index (χ3n) is 4.36. The van der Waals surface area contributed by atoms with Crippen molar-refractivity contribution in [3.8, 4) is 5.69 Å². The molecule has 9 heteroatoms. The molecule has 1 atom stereocenters. The number of benzene rings is 2. The van der Waals surface area contributed by atoms with Crippen molar-refractivity contribution in [3.05, 3.63) is 54.3 Å². The van der Waals surface area contributed by atoms with Crippen LogP contribution in [-0.2, 0) is 4.79 Å². The van der Waals surface area contributed by atoms with Crippen molar-refractivity contribution in [2.24, 2.45) is 0 Å². The summed E-state index contributed by atoms with van der Waals surface area (Å²) in [6.45, 7) is 2.86. The second kappa shape index (κ2) is 8.32. The van der Waals surface area contributed by atoms with E-state index in [9.17, 15) is 9.18 Å². The Morgan fingerprint density at radius 3 is 3.00 bits per heavy atom. The molecule has 1 aliphatic rings. The highest BCUT2D eigenvalue weighted by molar-refractivity contribution is 8.00. The van der Waals surface area contributed by atoms with Crippen molar-refractivity contribution in [1.29, 1.82) is 0 Å². The molecule has 28 heavy (non-hydrogen) atoms. The number of thioether (sulfide) groups is 2. The lowest BCUT2D eigenvalue weighted by Crippen LogP contribution is -2.33. The standard InChI is InChI=1S/C19H18FN5OS2/c1-13-9-10-24(16-7-2-3-8-17(16)28-13)18(26)12-27-19-21-22-23-25(19)15-6-4-5-14(20)11-15/h2-8,11,13H,9-10,12H2,1H3/t13-/m1/s1. The number of halogens is 1. The van der Waals surface area contributed by atoms with Gasteiger partial charge in [-0.3, -0.25) is 4.79 Å². The van der Waals surface area contributed by atoms with Crippen molar-refractivity contribution in [1.82, 2.24) is 20.2 Å². The molecule has 1 amide bonds. The minimum absolute atomic E-state index is 0.000872. The van der Waals surface area contributed by atoms with E-state index in [0.717, 1.165) is 17.0 Å². The van der Waals surface area contributed by atoms with Gasteiger partial charge in [0, 0.05) is 16.7 Å². The van der Waals surface area contributed by atoms with Gasteiger partial charge in [0.05, 0.1) is 17.1 Å². The summed E-state index contributed by atoms with van der Waals surface area (Å²) in [5, 5.41) is 12.5. The Morgan fingerprint density at radius 2 is 2.14 bits per heavy atom. The summed E-state index contributed by atoms with van der Waals surface area (Å²) < 4.78 is 14.9. The summed E-state index contributed by atoms with van der Waals surface area (Å²) >= 11 is 3.04. The molecule has 0 bridgehead atoms. The zero-order valence-corrected chi connectivity index (χ0v) is 16.8. The van der Waals surface area contributed by atoms with Crippen molar-refractivity contribution >= 4 is 35.1 Å². The fourth-order valence-corrected chi connectivity index (χ4v) is 4.87. The lowest BCUT2D eigenvalue weighted by molar-refractivity contribution is -0.116. The minimum atomic E-state index is -0.368. The molecule has 2 aromatic carbocycles. The maximum absolute atomic E-state index is 13.5. The van der Waals surface area contributed by atoms with Crippen molar-refractivity contribution in [2.75, 3.05) is 17.2 Å². The third-order valence-corrected chi connectivity index (χ3v) is 6.50. The molecule has 1 aliphatic heterocycles. The van der Waals surface area contributed by atoms with E-state index in [0.29, 0.717) is 22.6 Å². The molecular weight excluding hydrogens is 397 g/mol. The highest BCUT2D eigenvalue weighted by atomic mass is 32.2. The fourth-order valence-electron chi connectivity index (χ4n) is 2.99. The van der Waals surface area contributed by atoms with Gasteiger partial charge >= 0.3 is 0 Å². The van der Waals surface area contributed by atoms with Crippen LogP contribution >= 0.6 is 23.5 Å². The number of carbonyl (C=O) groups is 1. The molecule has 0 aliphatic carbocycles. The summed E-state index contributed by atoms with van der Waals surface area (Å²) in [6.07, 6.45) is 0.927. The van der Waals surface area contributed by atoms with Crippen molar-refractivity contribution in [3.63, 3.8) is 0 Å². The Morgan fingerprint density at radius 1 is 1.29 bits per heavy atom. The van der Waals surface area contributed by atoms with Gasteiger partial charge in [0.15, 0.2) is 0 Å². The van der Waals surface area contributed by atoms with E-state index in [2.05, 4.69) is 28.5 Å². The molecule has 0 N–H and O–H groups in total. The van der Waals surface area contributed by atoms with Gasteiger partial charge in [-0.15, -0.1) is 16.9 Å². The Bertz CT molecular complexity index is 996. The molecule has 0 unspecified atom stereocenters. The third kappa shape index (κ3) is 4.05. The van der Waals surface area contributed by atoms with Crippen LogP contribution in [0.2, 0.25) is 0 Å².